The van der Waals surface area contributed by atoms with Gasteiger partial charge in [0.15, 0.2) is 5.96 Å². The van der Waals surface area contributed by atoms with E-state index in [0.29, 0.717) is 23.9 Å². The molecule has 1 heterocycles. The largest absolute Gasteiger partial charge is 0.406 e. The lowest BCUT2D eigenvalue weighted by Crippen LogP contribution is -2.40. The molecule has 0 bridgehead atoms. The molecule has 1 amide bonds. The van der Waals surface area contributed by atoms with E-state index in [0.717, 1.165) is 18.3 Å². The minimum atomic E-state index is -4.41. The van der Waals surface area contributed by atoms with Crippen molar-refractivity contribution in [1.29, 1.82) is 0 Å². The molecule has 0 saturated heterocycles. The number of carbonyl (C=O) groups is 1. The number of aliphatic imine (C=N–C) groups is 1. The molecule has 0 saturated carbocycles. The van der Waals surface area contributed by atoms with Gasteiger partial charge >= 0.3 is 6.18 Å². The van der Waals surface area contributed by atoms with Gasteiger partial charge in [-0.05, 0) is 25.5 Å². The number of aryl methyl sites for hydroxylation is 1. The highest BCUT2D eigenvalue weighted by molar-refractivity contribution is 7.11. The van der Waals surface area contributed by atoms with Crippen molar-refractivity contribution in [2.45, 2.75) is 33.0 Å². The highest BCUT2D eigenvalue weighted by atomic mass is 32.1. The zero-order chi connectivity index (χ0) is 18.2. The van der Waals surface area contributed by atoms with Crippen LogP contribution in [0.2, 0.25) is 0 Å². The molecule has 0 spiro atoms. The highest BCUT2D eigenvalue weighted by Crippen LogP contribution is 2.16. The van der Waals surface area contributed by atoms with E-state index in [1.165, 1.54) is 4.88 Å². The van der Waals surface area contributed by atoms with E-state index in [9.17, 15) is 18.0 Å². The first-order valence-electron chi connectivity index (χ1n) is 7.65. The van der Waals surface area contributed by atoms with Gasteiger partial charge in [0, 0.05) is 23.3 Å². The number of halogens is 3. The maximum Gasteiger partial charge on any atom is 0.406 e. The molecule has 9 heteroatoms. The number of thiophene rings is 1. The number of amides is 1. The summed E-state index contributed by atoms with van der Waals surface area (Å²) in [6.07, 6.45) is -3.44. The molecule has 0 atom stereocenters. The quantitative estimate of drug-likeness (QED) is 0.577. The van der Waals surface area contributed by atoms with Crippen LogP contribution in [0.3, 0.4) is 0 Å². The van der Waals surface area contributed by atoms with Crippen LogP contribution in [0.1, 0.15) is 23.6 Å². The normalized spacial score (nSPS) is 12.2. The summed E-state index contributed by atoms with van der Waals surface area (Å²) in [7, 11) is 1.11. The topological polar surface area (TPSA) is 56.7 Å². The van der Waals surface area contributed by atoms with E-state index in [4.69, 9.17) is 0 Å². The first kappa shape index (κ1) is 20.3. The highest BCUT2D eigenvalue weighted by Gasteiger charge is 2.30. The predicted molar refractivity (Wildman–Crippen MR) is 90.2 cm³/mol. The first-order valence-corrected chi connectivity index (χ1v) is 8.47. The van der Waals surface area contributed by atoms with Crippen LogP contribution in [0, 0.1) is 0 Å². The third kappa shape index (κ3) is 7.67. The summed E-state index contributed by atoms with van der Waals surface area (Å²) in [5, 5.41) is 6.04. The van der Waals surface area contributed by atoms with Crippen molar-refractivity contribution >= 4 is 23.2 Å². The van der Waals surface area contributed by atoms with E-state index >= 15 is 0 Å². The van der Waals surface area contributed by atoms with Crippen molar-refractivity contribution in [3.8, 4) is 0 Å². The average Bonchev–Trinajstić information content (AvgIpc) is 2.96. The Morgan fingerprint density at radius 1 is 1.25 bits per heavy atom. The smallest absolute Gasteiger partial charge is 0.357 e. The Bertz CT molecular complexity index is 557. The number of nitrogens with one attached hydrogen (secondary N) is 2. The van der Waals surface area contributed by atoms with Crippen molar-refractivity contribution in [3.63, 3.8) is 0 Å². The number of hydrogen-bond acceptors (Lipinski definition) is 3. The molecular weight excluding hydrogens is 341 g/mol. The average molecular weight is 364 g/mol. The number of alkyl halides is 3. The molecule has 136 valence electrons. The van der Waals surface area contributed by atoms with Crippen LogP contribution < -0.4 is 10.6 Å². The molecule has 1 aromatic rings. The number of carbonyl (C=O) groups excluding carboxylic acids is 1. The van der Waals surface area contributed by atoms with E-state index in [1.807, 2.05) is 13.0 Å². The summed E-state index contributed by atoms with van der Waals surface area (Å²) in [6, 6.07) is 4.07. The van der Waals surface area contributed by atoms with Crippen LogP contribution in [0.25, 0.3) is 0 Å². The second-order valence-corrected chi connectivity index (χ2v) is 6.39. The van der Waals surface area contributed by atoms with Crippen molar-refractivity contribution in [3.05, 3.63) is 21.9 Å². The van der Waals surface area contributed by atoms with Gasteiger partial charge in [-0.25, -0.2) is 4.99 Å². The Labute approximate surface area is 143 Å². The monoisotopic (exact) mass is 364 g/mol. The van der Waals surface area contributed by atoms with Gasteiger partial charge in [-0.15, -0.1) is 11.3 Å². The van der Waals surface area contributed by atoms with Crippen LogP contribution in [0.4, 0.5) is 13.2 Å². The minimum Gasteiger partial charge on any atom is -0.357 e. The Kier molecular flexibility index (Phi) is 8.03. The van der Waals surface area contributed by atoms with Crippen LogP contribution in [0.5, 0.6) is 0 Å². The molecule has 0 aliphatic rings. The Morgan fingerprint density at radius 2 is 1.92 bits per heavy atom. The molecule has 0 aromatic carbocycles. The summed E-state index contributed by atoms with van der Waals surface area (Å²) in [5.74, 6) is -0.286. The molecule has 0 fully saturated rings. The predicted octanol–water partition coefficient (Wildman–Crippen LogP) is 2.39. The van der Waals surface area contributed by atoms with Crippen LogP contribution in [0.15, 0.2) is 17.1 Å². The zero-order valence-corrected chi connectivity index (χ0v) is 14.9. The number of rotatable bonds is 7. The standard InChI is InChI=1S/C15H23F3N4OS/c1-4-11-6-7-12(24-11)8-20-14(19-5-2)21-9-13(23)22(3)10-15(16,17)18/h6-7H,4-5,8-10H2,1-3H3,(H2,19,20,21). The zero-order valence-electron chi connectivity index (χ0n) is 14.0. The third-order valence-electron chi connectivity index (χ3n) is 3.05. The molecule has 24 heavy (non-hydrogen) atoms. The summed E-state index contributed by atoms with van der Waals surface area (Å²) in [6.45, 7) is 3.46. The summed E-state index contributed by atoms with van der Waals surface area (Å²) in [4.78, 5) is 18.8. The maximum absolute atomic E-state index is 12.3. The Morgan fingerprint density at radius 3 is 2.46 bits per heavy atom. The van der Waals surface area contributed by atoms with E-state index in [1.54, 1.807) is 11.3 Å². The van der Waals surface area contributed by atoms with Gasteiger partial charge in [0.25, 0.3) is 0 Å². The van der Waals surface area contributed by atoms with E-state index in [-0.39, 0.29) is 6.54 Å². The fraction of sp³-hybridized carbons (Fsp3) is 0.600. The lowest BCUT2D eigenvalue weighted by Gasteiger charge is -2.18. The summed E-state index contributed by atoms with van der Waals surface area (Å²) < 4.78 is 36.8. The van der Waals surface area contributed by atoms with Gasteiger partial charge in [-0.1, -0.05) is 6.92 Å². The second kappa shape index (κ2) is 9.51. The van der Waals surface area contributed by atoms with Gasteiger partial charge in [0.05, 0.1) is 6.54 Å². The molecule has 0 radical (unpaired) electrons. The van der Waals surface area contributed by atoms with Gasteiger partial charge in [-0.3, -0.25) is 4.79 Å². The molecule has 0 unspecified atom stereocenters. The first-order chi connectivity index (χ1) is 11.2. The summed E-state index contributed by atoms with van der Waals surface area (Å²) >= 11 is 1.68. The van der Waals surface area contributed by atoms with Crippen LogP contribution in [-0.2, 0) is 17.8 Å². The third-order valence-corrected chi connectivity index (χ3v) is 4.28. The van der Waals surface area contributed by atoms with Gasteiger partial charge in [0.1, 0.15) is 13.1 Å². The van der Waals surface area contributed by atoms with Crippen LogP contribution >= 0.6 is 11.3 Å². The molecule has 0 aliphatic heterocycles. The summed E-state index contributed by atoms with van der Waals surface area (Å²) in [5.41, 5.74) is 0. The molecule has 0 aliphatic carbocycles. The van der Waals surface area contributed by atoms with Crippen molar-refractivity contribution in [2.75, 3.05) is 26.7 Å². The molecule has 1 rings (SSSR count). The fourth-order valence-corrected chi connectivity index (χ4v) is 2.74. The molecular formula is C15H23F3N4OS. The lowest BCUT2D eigenvalue weighted by atomic mass is 10.4. The molecule has 1 aromatic heterocycles. The Balaban J connectivity index is 2.56. The van der Waals surface area contributed by atoms with Gasteiger partial charge in [-0.2, -0.15) is 13.2 Å². The van der Waals surface area contributed by atoms with Gasteiger partial charge in [0.2, 0.25) is 5.91 Å². The van der Waals surface area contributed by atoms with E-state index < -0.39 is 18.6 Å². The van der Waals surface area contributed by atoms with Crippen molar-refractivity contribution < 1.29 is 18.0 Å². The molecule has 5 nitrogen and oxygen atoms in total. The van der Waals surface area contributed by atoms with Crippen molar-refractivity contribution in [2.24, 2.45) is 4.99 Å². The maximum atomic E-state index is 12.3. The number of guanidine groups is 1. The Hall–Kier alpha value is -1.77. The fourth-order valence-electron chi connectivity index (χ4n) is 1.84. The second-order valence-electron chi connectivity index (χ2n) is 5.14. The number of hydrogen-bond donors (Lipinski definition) is 2. The van der Waals surface area contributed by atoms with Crippen LogP contribution in [-0.4, -0.2) is 49.6 Å². The lowest BCUT2D eigenvalue weighted by molar-refractivity contribution is -0.157. The number of nitrogens with zero attached hydrogens (tertiary/aromatic N) is 2. The number of likely N-dealkylation sites (N-methyl/N-ethyl adjacent to an activating group) is 1. The van der Waals surface area contributed by atoms with E-state index in [2.05, 4.69) is 28.6 Å². The van der Waals surface area contributed by atoms with Gasteiger partial charge < -0.3 is 15.5 Å². The molecule has 2 N–H and O–H groups in total. The van der Waals surface area contributed by atoms with Crippen molar-refractivity contribution in [1.82, 2.24) is 15.5 Å². The minimum absolute atomic E-state index is 0.341. The SMILES string of the molecule is CCNC(=NCC(=O)N(C)CC(F)(F)F)NCc1ccc(CC)s1.